The summed E-state index contributed by atoms with van der Waals surface area (Å²) in [6.07, 6.45) is 0.956. The lowest BCUT2D eigenvalue weighted by atomic mass is 9.90. The van der Waals surface area contributed by atoms with Gasteiger partial charge in [0.25, 0.3) is 0 Å². The fraction of sp³-hybridized carbons (Fsp3) is 0.500. The Morgan fingerprint density at radius 2 is 1.90 bits per heavy atom. The third-order valence-electron chi connectivity index (χ3n) is 3.56. The first-order valence-corrected chi connectivity index (χ1v) is 6.97. The zero-order valence-electron chi connectivity index (χ0n) is 12.1. The number of nitrogens with two attached hydrogens (primary N) is 1. The van der Waals surface area contributed by atoms with E-state index in [0.717, 1.165) is 0 Å². The first-order valence-electron chi connectivity index (χ1n) is 6.60. The van der Waals surface area contributed by atoms with Crippen molar-refractivity contribution in [2.45, 2.75) is 18.4 Å². The second-order valence-corrected chi connectivity index (χ2v) is 5.32. The molecule has 1 heterocycles. The number of nitrogens with one attached hydrogen (secondary N) is 1. The molecule has 1 aromatic rings. The maximum atomic E-state index is 12.4. The minimum absolute atomic E-state index is 0.270. The van der Waals surface area contributed by atoms with Gasteiger partial charge in [-0.25, -0.2) is 0 Å². The van der Waals surface area contributed by atoms with E-state index >= 15 is 0 Å². The van der Waals surface area contributed by atoms with Crippen LogP contribution in [0.15, 0.2) is 12.1 Å². The molecule has 0 bridgehead atoms. The molecule has 0 spiro atoms. The molecule has 1 fully saturated rings. The molecule has 0 aromatic heterocycles. The van der Waals surface area contributed by atoms with Gasteiger partial charge in [0.1, 0.15) is 17.0 Å². The molecule has 0 aliphatic carbocycles. The fourth-order valence-electron chi connectivity index (χ4n) is 2.17. The molecule has 1 saturated heterocycles. The third kappa shape index (κ3) is 3.40. The van der Waals surface area contributed by atoms with Crippen molar-refractivity contribution >= 4 is 23.2 Å². The number of carbonyl (C=O) groups excluding carboxylic acids is 1. The van der Waals surface area contributed by atoms with Crippen LogP contribution < -0.4 is 20.5 Å². The van der Waals surface area contributed by atoms with Crippen LogP contribution in [0.4, 0.5) is 5.69 Å². The topological polar surface area (TPSA) is 82.8 Å². The summed E-state index contributed by atoms with van der Waals surface area (Å²) < 4.78 is 15.6. The second kappa shape index (κ2) is 6.51. The quantitative estimate of drug-likeness (QED) is 0.885. The lowest BCUT2D eigenvalue weighted by Gasteiger charge is -2.32. The van der Waals surface area contributed by atoms with Crippen LogP contribution in [0.2, 0.25) is 5.02 Å². The van der Waals surface area contributed by atoms with Gasteiger partial charge in [0.2, 0.25) is 5.91 Å². The molecule has 0 radical (unpaired) electrons. The van der Waals surface area contributed by atoms with Crippen LogP contribution in [0.25, 0.3) is 0 Å². The van der Waals surface area contributed by atoms with Gasteiger partial charge >= 0.3 is 0 Å². The van der Waals surface area contributed by atoms with Crippen LogP contribution in [-0.2, 0) is 9.53 Å². The molecule has 1 amide bonds. The first-order chi connectivity index (χ1) is 10.00. The Morgan fingerprint density at radius 1 is 1.29 bits per heavy atom. The molecule has 116 valence electrons. The molecule has 1 aromatic carbocycles. The Bertz CT molecular complexity index is 530. The van der Waals surface area contributed by atoms with Gasteiger partial charge in [0, 0.05) is 25.3 Å². The summed E-state index contributed by atoms with van der Waals surface area (Å²) in [7, 11) is 3.00. The lowest BCUT2D eigenvalue weighted by molar-refractivity contribution is -0.124. The monoisotopic (exact) mass is 314 g/mol. The summed E-state index contributed by atoms with van der Waals surface area (Å²) in [5, 5.41) is 3.19. The average Bonchev–Trinajstić information content (AvgIpc) is 2.49. The van der Waals surface area contributed by atoms with E-state index < -0.39 is 5.54 Å². The minimum atomic E-state index is -0.934. The Morgan fingerprint density at radius 3 is 2.48 bits per heavy atom. The lowest BCUT2D eigenvalue weighted by Crippen LogP contribution is -2.54. The number of benzene rings is 1. The largest absolute Gasteiger partial charge is 0.495 e. The van der Waals surface area contributed by atoms with Crippen molar-refractivity contribution in [3.8, 4) is 11.5 Å². The average molecular weight is 315 g/mol. The number of methoxy groups -OCH3 is 2. The Labute approximate surface area is 128 Å². The van der Waals surface area contributed by atoms with Gasteiger partial charge in [0.15, 0.2) is 0 Å². The predicted molar refractivity (Wildman–Crippen MR) is 80.2 cm³/mol. The van der Waals surface area contributed by atoms with E-state index in [1.807, 2.05) is 0 Å². The molecule has 1 aliphatic rings. The molecule has 7 heteroatoms. The standard InChI is InChI=1S/C14H19ClN2O4/c1-19-11-8-10(12(20-2)7-9(11)15)17-13(18)14(16)3-5-21-6-4-14/h7-8H,3-6,16H2,1-2H3,(H,17,18). The molecular formula is C14H19ClN2O4. The van der Waals surface area contributed by atoms with Crippen LogP contribution in [-0.4, -0.2) is 38.9 Å². The number of rotatable bonds is 4. The molecule has 2 rings (SSSR count). The zero-order chi connectivity index (χ0) is 15.5. The van der Waals surface area contributed by atoms with Gasteiger partial charge in [-0.3, -0.25) is 4.79 Å². The van der Waals surface area contributed by atoms with Crippen LogP contribution >= 0.6 is 11.6 Å². The SMILES string of the molecule is COc1cc(NC(=O)C2(N)CCOCC2)c(OC)cc1Cl. The highest BCUT2D eigenvalue weighted by molar-refractivity contribution is 6.32. The highest BCUT2D eigenvalue weighted by Gasteiger charge is 2.36. The van der Waals surface area contributed by atoms with E-state index in [0.29, 0.717) is 48.3 Å². The van der Waals surface area contributed by atoms with Gasteiger partial charge in [-0.2, -0.15) is 0 Å². The number of ether oxygens (including phenoxy) is 3. The van der Waals surface area contributed by atoms with Crippen LogP contribution in [0.5, 0.6) is 11.5 Å². The molecular weight excluding hydrogens is 296 g/mol. The van der Waals surface area contributed by atoms with E-state index in [2.05, 4.69) is 5.32 Å². The number of carbonyl (C=O) groups is 1. The van der Waals surface area contributed by atoms with E-state index in [4.69, 9.17) is 31.5 Å². The van der Waals surface area contributed by atoms with Crippen molar-refractivity contribution in [2.75, 3.05) is 32.8 Å². The number of halogens is 1. The molecule has 1 aliphatic heterocycles. The van der Waals surface area contributed by atoms with Crippen molar-refractivity contribution in [1.82, 2.24) is 0 Å². The molecule has 6 nitrogen and oxygen atoms in total. The molecule has 0 atom stereocenters. The Kier molecular flexibility index (Phi) is 4.92. The zero-order valence-corrected chi connectivity index (χ0v) is 12.8. The van der Waals surface area contributed by atoms with E-state index in [-0.39, 0.29) is 5.91 Å². The van der Waals surface area contributed by atoms with Gasteiger partial charge in [-0.1, -0.05) is 11.6 Å². The summed E-state index contributed by atoms with van der Waals surface area (Å²) in [4.78, 5) is 12.4. The van der Waals surface area contributed by atoms with Crippen molar-refractivity contribution in [3.63, 3.8) is 0 Å². The number of hydrogen-bond donors (Lipinski definition) is 2. The number of amides is 1. The maximum absolute atomic E-state index is 12.4. The van der Waals surface area contributed by atoms with Crippen molar-refractivity contribution in [1.29, 1.82) is 0 Å². The Hall–Kier alpha value is -1.50. The highest BCUT2D eigenvalue weighted by atomic mass is 35.5. The first kappa shape index (κ1) is 15.9. The van der Waals surface area contributed by atoms with Gasteiger partial charge in [-0.05, 0) is 12.8 Å². The summed E-state index contributed by atoms with van der Waals surface area (Å²) >= 11 is 6.03. The summed E-state index contributed by atoms with van der Waals surface area (Å²) in [5.41, 5.74) is 5.69. The van der Waals surface area contributed by atoms with Crippen LogP contribution in [0.1, 0.15) is 12.8 Å². The summed E-state index contributed by atoms with van der Waals surface area (Å²) in [6, 6.07) is 3.20. The second-order valence-electron chi connectivity index (χ2n) is 4.91. The van der Waals surface area contributed by atoms with Crippen molar-refractivity contribution < 1.29 is 19.0 Å². The van der Waals surface area contributed by atoms with Crippen LogP contribution in [0.3, 0.4) is 0 Å². The molecule has 0 unspecified atom stereocenters. The third-order valence-corrected chi connectivity index (χ3v) is 3.85. The molecule has 0 saturated carbocycles. The normalized spacial score (nSPS) is 17.1. The fourth-order valence-corrected chi connectivity index (χ4v) is 2.40. The van der Waals surface area contributed by atoms with Crippen molar-refractivity contribution in [2.24, 2.45) is 5.73 Å². The van der Waals surface area contributed by atoms with Crippen molar-refractivity contribution in [3.05, 3.63) is 17.2 Å². The van der Waals surface area contributed by atoms with E-state index in [1.165, 1.54) is 14.2 Å². The van der Waals surface area contributed by atoms with E-state index in [9.17, 15) is 4.79 Å². The van der Waals surface area contributed by atoms with Crippen LogP contribution in [0, 0.1) is 0 Å². The minimum Gasteiger partial charge on any atom is -0.495 e. The Balaban J connectivity index is 2.23. The maximum Gasteiger partial charge on any atom is 0.244 e. The van der Waals surface area contributed by atoms with Gasteiger partial charge in [-0.15, -0.1) is 0 Å². The smallest absolute Gasteiger partial charge is 0.244 e. The molecule has 3 N–H and O–H groups in total. The van der Waals surface area contributed by atoms with Gasteiger partial charge < -0.3 is 25.3 Å². The van der Waals surface area contributed by atoms with E-state index in [1.54, 1.807) is 12.1 Å². The predicted octanol–water partition coefficient (Wildman–Crippen LogP) is 1.80. The molecule has 21 heavy (non-hydrogen) atoms. The van der Waals surface area contributed by atoms with Gasteiger partial charge in [0.05, 0.1) is 24.9 Å². The summed E-state index contributed by atoms with van der Waals surface area (Å²) in [6.45, 7) is 0.954. The number of anilines is 1. The highest BCUT2D eigenvalue weighted by Crippen LogP contribution is 2.36. The summed E-state index contributed by atoms with van der Waals surface area (Å²) in [5.74, 6) is 0.629. The number of hydrogen-bond acceptors (Lipinski definition) is 5.